The van der Waals surface area contributed by atoms with Crippen LogP contribution in [0.1, 0.15) is 13.8 Å². The standard InChI is InChI=1S/C11H18BNO/c1-11(2,9-14-3)13-12-10-7-5-4-6-8-10/h4-8,12-13H,9H2,1-3H3. The van der Waals surface area contributed by atoms with Crippen LogP contribution in [0.5, 0.6) is 0 Å². The minimum atomic E-state index is 0.0323. The predicted molar refractivity (Wildman–Crippen MR) is 62.3 cm³/mol. The molecule has 0 heterocycles. The van der Waals surface area contributed by atoms with Gasteiger partial charge in [0.2, 0.25) is 7.41 Å². The van der Waals surface area contributed by atoms with Gasteiger partial charge in [0.05, 0.1) is 6.61 Å². The highest BCUT2D eigenvalue weighted by Gasteiger charge is 2.16. The van der Waals surface area contributed by atoms with E-state index in [1.807, 2.05) is 6.07 Å². The van der Waals surface area contributed by atoms with Gasteiger partial charge >= 0.3 is 0 Å². The molecule has 0 spiro atoms. The van der Waals surface area contributed by atoms with Crippen LogP contribution in [0.3, 0.4) is 0 Å². The molecule has 0 aliphatic heterocycles. The Balaban J connectivity index is 2.40. The molecule has 0 fully saturated rings. The lowest BCUT2D eigenvalue weighted by Crippen LogP contribution is -2.48. The molecule has 0 bridgehead atoms. The van der Waals surface area contributed by atoms with E-state index >= 15 is 0 Å². The SMILES string of the molecule is COCC(C)(C)NBc1ccccc1. The summed E-state index contributed by atoms with van der Waals surface area (Å²) < 4.78 is 5.13. The Bertz CT molecular complexity index is 261. The van der Waals surface area contributed by atoms with Crippen LogP contribution in [-0.2, 0) is 4.74 Å². The van der Waals surface area contributed by atoms with Crippen molar-refractivity contribution in [3.05, 3.63) is 30.3 Å². The number of benzene rings is 1. The summed E-state index contributed by atoms with van der Waals surface area (Å²) in [6.45, 7) is 5.00. The third kappa shape index (κ3) is 3.94. The Kier molecular flexibility index (Phi) is 4.17. The van der Waals surface area contributed by atoms with Crippen molar-refractivity contribution < 1.29 is 4.74 Å². The first-order valence-electron chi connectivity index (χ1n) is 4.92. The molecule has 0 aromatic heterocycles. The van der Waals surface area contributed by atoms with E-state index in [1.54, 1.807) is 7.11 Å². The highest BCUT2D eigenvalue weighted by atomic mass is 16.5. The lowest BCUT2D eigenvalue weighted by molar-refractivity contribution is 0.141. The number of hydrogen-bond acceptors (Lipinski definition) is 2. The molecule has 0 saturated carbocycles. The average molecular weight is 191 g/mol. The minimum absolute atomic E-state index is 0.0323. The van der Waals surface area contributed by atoms with Gasteiger partial charge in [0, 0.05) is 12.6 Å². The quantitative estimate of drug-likeness (QED) is 0.691. The van der Waals surface area contributed by atoms with Crippen LogP contribution in [-0.4, -0.2) is 26.7 Å². The summed E-state index contributed by atoms with van der Waals surface area (Å²) in [5.41, 5.74) is 1.33. The molecular formula is C11H18BNO. The molecular weight excluding hydrogens is 173 g/mol. The monoisotopic (exact) mass is 191 g/mol. The second-order valence-electron chi connectivity index (χ2n) is 4.16. The van der Waals surface area contributed by atoms with Gasteiger partial charge in [-0.3, -0.25) is 0 Å². The third-order valence-electron chi connectivity index (χ3n) is 2.12. The van der Waals surface area contributed by atoms with Gasteiger partial charge in [0.25, 0.3) is 0 Å². The summed E-state index contributed by atoms with van der Waals surface area (Å²) in [4.78, 5) is 0. The fourth-order valence-corrected chi connectivity index (χ4v) is 1.35. The van der Waals surface area contributed by atoms with E-state index in [0.29, 0.717) is 0 Å². The predicted octanol–water partition coefficient (Wildman–Crippen LogP) is 0.678. The van der Waals surface area contributed by atoms with E-state index in [0.717, 1.165) is 14.0 Å². The summed E-state index contributed by atoms with van der Waals surface area (Å²) in [5, 5.41) is 3.45. The summed E-state index contributed by atoms with van der Waals surface area (Å²) in [6, 6.07) is 10.4. The van der Waals surface area contributed by atoms with E-state index in [-0.39, 0.29) is 5.54 Å². The van der Waals surface area contributed by atoms with Crippen LogP contribution >= 0.6 is 0 Å². The van der Waals surface area contributed by atoms with Gasteiger partial charge in [-0.05, 0) is 13.8 Å². The van der Waals surface area contributed by atoms with Gasteiger partial charge in [0.1, 0.15) is 0 Å². The smallest absolute Gasteiger partial charge is 0.236 e. The Morgan fingerprint density at radius 3 is 2.50 bits per heavy atom. The van der Waals surface area contributed by atoms with E-state index in [9.17, 15) is 0 Å². The van der Waals surface area contributed by atoms with Crippen molar-refractivity contribution in [3.8, 4) is 0 Å². The minimum Gasteiger partial charge on any atom is -0.383 e. The number of methoxy groups -OCH3 is 1. The highest BCUT2D eigenvalue weighted by Crippen LogP contribution is 2.00. The zero-order chi connectivity index (χ0) is 10.4. The highest BCUT2D eigenvalue weighted by molar-refractivity contribution is 6.50. The van der Waals surface area contributed by atoms with Crippen molar-refractivity contribution >= 4 is 12.9 Å². The van der Waals surface area contributed by atoms with Crippen LogP contribution in [0.25, 0.3) is 0 Å². The Labute approximate surface area is 86.9 Å². The van der Waals surface area contributed by atoms with Crippen LogP contribution in [0.2, 0.25) is 0 Å². The first kappa shape index (κ1) is 11.3. The fourth-order valence-electron chi connectivity index (χ4n) is 1.35. The molecule has 0 aliphatic rings. The molecule has 1 N–H and O–H groups in total. The number of hydrogen-bond donors (Lipinski definition) is 1. The maximum Gasteiger partial charge on any atom is 0.236 e. The second kappa shape index (κ2) is 5.18. The van der Waals surface area contributed by atoms with Crippen molar-refractivity contribution in [3.63, 3.8) is 0 Å². The van der Waals surface area contributed by atoms with Crippen molar-refractivity contribution in [2.75, 3.05) is 13.7 Å². The summed E-state index contributed by atoms with van der Waals surface area (Å²) in [5.74, 6) is 0. The average Bonchev–Trinajstić information content (AvgIpc) is 2.17. The van der Waals surface area contributed by atoms with Crippen molar-refractivity contribution in [1.29, 1.82) is 0 Å². The van der Waals surface area contributed by atoms with Crippen LogP contribution in [0.15, 0.2) is 30.3 Å². The fraction of sp³-hybridized carbons (Fsp3) is 0.455. The normalized spacial score (nSPS) is 11.4. The first-order chi connectivity index (χ1) is 6.64. The summed E-state index contributed by atoms with van der Waals surface area (Å²) >= 11 is 0. The molecule has 3 heteroatoms. The lowest BCUT2D eigenvalue weighted by atomic mass is 9.80. The topological polar surface area (TPSA) is 21.3 Å². The van der Waals surface area contributed by atoms with Crippen LogP contribution in [0.4, 0.5) is 0 Å². The molecule has 2 nitrogen and oxygen atoms in total. The van der Waals surface area contributed by atoms with Gasteiger partial charge in [-0.25, -0.2) is 0 Å². The van der Waals surface area contributed by atoms with Gasteiger partial charge in [-0.15, -0.1) is 0 Å². The summed E-state index contributed by atoms with van der Waals surface area (Å²) in [6.07, 6.45) is 0. The van der Waals surface area contributed by atoms with E-state index < -0.39 is 0 Å². The number of rotatable bonds is 5. The van der Waals surface area contributed by atoms with Crippen molar-refractivity contribution in [1.82, 2.24) is 5.23 Å². The zero-order valence-electron chi connectivity index (χ0n) is 9.21. The number of ether oxygens (including phenoxy) is 1. The van der Waals surface area contributed by atoms with Crippen LogP contribution in [0, 0.1) is 0 Å². The number of nitrogens with one attached hydrogen (secondary N) is 1. The molecule has 0 unspecified atom stereocenters. The maximum absolute atomic E-state index is 5.13. The van der Waals surface area contributed by atoms with Crippen molar-refractivity contribution in [2.24, 2.45) is 0 Å². The largest absolute Gasteiger partial charge is 0.383 e. The van der Waals surface area contributed by atoms with E-state index in [1.165, 1.54) is 5.46 Å². The Hall–Kier alpha value is -0.795. The van der Waals surface area contributed by atoms with Gasteiger partial charge in [0.15, 0.2) is 0 Å². The molecule has 76 valence electrons. The molecule has 0 atom stereocenters. The molecule has 1 aromatic rings. The van der Waals surface area contributed by atoms with Crippen molar-refractivity contribution in [2.45, 2.75) is 19.4 Å². The lowest BCUT2D eigenvalue weighted by Gasteiger charge is -2.25. The molecule has 0 radical (unpaired) electrons. The molecule has 0 saturated heterocycles. The Morgan fingerprint density at radius 1 is 1.29 bits per heavy atom. The van der Waals surface area contributed by atoms with Crippen LogP contribution < -0.4 is 10.7 Å². The molecule has 0 aliphatic carbocycles. The zero-order valence-corrected chi connectivity index (χ0v) is 9.21. The van der Waals surface area contributed by atoms with Gasteiger partial charge in [-0.1, -0.05) is 35.8 Å². The first-order valence-corrected chi connectivity index (χ1v) is 4.92. The maximum atomic E-state index is 5.13. The second-order valence-corrected chi connectivity index (χ2v) is 4.16. The molecule has 1 rings (SSSR count). The van der Waals surface area contributed by atoms with Gasteiger partial charge < -0.3 is 9.96 Å². The Morgan fingerprint density at radius 2 is 1.93 bits per heavy atom. The van der Waals surface area contributed by atoms with E-state index in [4.69, 9.17) is 4.74 Å². The molecule has 14 heavy (non-hydrogen) atoms. The summed E-state index contributed by atoms with van der Waals surface area (Å²) in [7, 11) is 2.61. The molecule has 0 amide bonds. The van der Waals surface area contributed by atoms with E-state index in [2.05, 4.69) is 43.3 Å². The molecule has 1 aromatic carbocycles. The third-order valence-corrected chi connectivity index (χ3v) is 2.12. The van der Waals surface area contributed by atoms with Gasteiger partial charge in [-0.2, -0.15) is 0 Å².